The van der Waals surface area contributed by atoms with Crippen molar-refractivity contribution in [3.05, 3.63) is 63.6 Å². The molecule has 7 nitrogen and oxygen atoms in total. The fourth-order valence-corrected chi connectivity index (χ4v) is 4.16. The van der Waals surface area contributed by atoms with Gasteiger partial charge in [0, 0.05) is 30.3 Å². The number of likely N-dealkylation sites (tertiary alicyclic amines) is 1. The van der Waals surface area contributed by atoms with E-state index in [-0.39, 0.29) is 37.1 Å². The highest BCUT2D eigenvalue weighted by molar-refractivity contribution is 5.95. The average Bonchev–Trinajstić information content (AvgIpc) is 3.09. The van der Waals surface area contributed by atoms with Gasteiger partial charge in [-0.25, -0.2) is 0 Å². The lowest BCUT2D eigenvalue weighted by atomic mass is 9.73. The minimum Gasteiger partial charge on any atom is -0.492 e. The molecular formula is C21H22N2O5. The number of carboxylic acids is 1. The molecule has 0 radical (unpaired) electrons. The summed E-state index contributed by atoms with van der Waals surface area (Å²) >= 11 is 0. The highest BCUT2D eigenvalue weighted by Crippen LogP contribution is 2.49. The number of aromatic nitrogens is 1. The molecule has 2 aromatic rings. The third-order valence-electron chi connectivity index (χ3n) is 5.82. The molecule has 7 heteroatoms. The molecule has 1 aromatic carbocycles. The second kappa shape index (κ2) is 6.51. The molecule has 1 fully saturated rings. The Bertz CT molecular complexity index is 1010. The Labute approximate surface area is 161 Å². The number of ether oxygens (including phenoxy) is 1. The number of nitrogens with one attached hydrogen (secondary N) is 1. The number of amides is 1. The molecule has 1 saturated heterocycles. The Morgan fingerprint density at radius 2 is 2.00 bits per heavy atom. The molecule has 28 heavy (non-hydrogen) atoms. The number of H-pyrrole nitrogens is 1. The van der Waals surface area contributed by atoms with E-state index in [1.807, 2.05) is 32.0 Å². The first-order valence-corrected chi connectivity index (χ1v) is 9.31. The van der Waals surface area contributed by atoms with Crippen LogP contribution < -0.4 is 10.3 Å². The zero-order chi connectivity index (χ0) is 20.1. The standard InChI is InChI=1S/C21H22N2O5/c1-12(2)16-8-7-14(18(24)22-16)19(25)23-9-15-13-5-3-4-6-17(13)28-11-21(15,10-23)20(26)27/h3-8,12,15H,9-11H2,1-2H3,(H,22,24)(H,26,27)/t15-,21-/m1/s1. The fraction of sp³-hybridized carbons (Fsp3) is 0.381. The van der Waals surface area contributed by atoms with Crippen LogP contribution in [-0.2, 0) is 4.79 Å². The van der Waals surface area contributed by atoms with E-state index in [2.05, 4.69) is 4.98 Å². The first kappa shape index (κ1) is 18.3. The summed E-state index contributed by atoms with van der Waals surface area (Å²) in [6, 6.07) is 10.6. The number of hydrogen-bond acceptors (Lipinski definition) is 4. The van der Waals surface area contributed by atoms with Crippen LogP contribution in [0.25, 0.3) is 0 Å². The molecule has 4 rings (SSSR count). The summed E-state index contributed by atoms with van der Waals surface area (Å²) in [7, 11) is 0. The number of nitrogens with zero attached hydrogens (tertiary/aromatic N) is 1. The number of carbonyl (C=O) groups is 2. The molecule has 1 aromatic heterocycles. The lowest BCUT2D eigenvalue weighted by Crippen LogP contribution is -2.46. The largest absolute Gasteiger partial charge is 0.492 e. The lowest BCUT2D eigenvalue weighted by molar-refractivity contribution is -0.151. The minimum absolute atomic E-state index is 0.00353. The third kappa shape index (κ3) is 2.69. The van der Waals surface area contributed by atoms with Crippen molar-refractivity contribution in [3.8, 4) is 5.75 Å². The van der Waals surface area contributed by atoms with Gasteiger partial charge in [-0.15, -0.1) is 0 Å². The van der Waals surface area contributed by atoms with E-state index < -0.39 is 22.9 Å². The Morgan fingerprint density at radius 1 is 1.25 bits per heavy atom. The number of hydrogen-bond donors (Lipinski definition) is 2. The second-order valence-electron chi connectivity index (χ2n) is 7.84. The number of aliphatic carboxylic acids is 1. The number of carboxylic acid groups (broad SMARTS) is 1. The number of rotatable bonds is 3. The molecule has 0 unspecified atom stereocenters. The monoisotopic (exact) mass is 382 g/mol. The van der Waals surface area contributed by atoms with Gasteiger partial charge in [0.05, 0.1) is 0 Å². The number of benzene rings is 1. The Morgan fingerprint density at radius 3 is 2.68 bits per heavy atom. The van der Waals surface area contributed by atoms with Crippen molar-refractivity contribution < 1.29 is 19.4 Å². The highest BCUT2D eigenvalue weighted by Gasteiger charge is 2.57. The average molecular weight is 382 g/mol. The molecule has 0 spiro atoms. The van der Waals surface area contributed by atoms with Crippen molar-refractivity contribution >= 4 is 11.9 Å². The summed E-state index contributed by atoms with van der Waals surface area (Å²) in [5.41, 5.74) is -0.101. The van der Waals surface area contributed by atoms with Crippen LogP contribution in [0.5, 0.6) is 5.75 Å². The van der Waals surface area contributed by atoms with Crippen LogP contribution in [0.1, 0.15) is 47.3 Å². The van der Waals surface area contributed by atoms with Gasteiger partial charge in [-0.05, 0) is 24.1 Å². The maximum atomic E-state index is 13.0. The lowest BCUT2D eigenvalue weighted by Gasteiger charge is -2.35. The predicted molar refractivity (Wildman–Crippen MR) is 102 cm³/mol. The Hall–Kier alpha value is -3.09. The fourth-order valence-electron chi connectivity index (χ4n) is 4.16. The number of pyridine rings is 1. The van der Waals surface area contributed by atoms with Crippen LogP contribution in [0.3, 0.4) is 0 Å². The van der Waals surface area contributed by atoms with Crippen molar-refractivity contribution in [2.24, 2.45) is 5.41 Å². The van der Waals surface area contributed by atoms with Crippen molar-refractivity contribution in [2.75, 3.05) is 19.7 Å². The van der Waals surface area contributed by atoms with Gasteiger partial charge in [-0.2, -0.15) is 0 Å². The highest BCUT2D eigenvalue weighted by atomic mass is 16.5. The topological polar surface area (TPSA) is 99.7 Å². The van der Waals surface area contributed by atoms with Crippen LogP contribution in [-0.4, -0.2) is 46.6 Å². The van der Waals surface area contributed by atoms with Gasteiger partial charge in [0.15, 0.2) is 0 Å². The van der Waals surface area contributed by atoms with E-state index in [9.17, 15) is 19.5 Å². The molecule has 2 aliphatic rings. The number of aromatic amines is 1. The summed E-state index contributed by atoms with van der Waals surface area (Å²) in [5, 5.41) is 9.96. The van der Waals surface area contributed by atoms with Gasteiger partial charge >= 0.3 is 5.97 Å². The molecule has 2 atom stereocenters. The quantitative estimate of drug-likeness (QED) is 0.848. The van der Waals surface area contributed by atoms with Crippen LogP contribution >= 0.6 is 0 Å². The molecule has 2 N–H and O–H groups in total. The van der Waals surface area contributed by atoms with Gasteiger partial charge in [0.2, 0.25) is 0 Å². The minimum atomic E-state index is -1.21. The molecule has 3 heterocycles. The van der Waals surface area contributed by atoms with Gasteiger partial charge in [0.1, 0.15) is 23.3 Å². The summed E-state index contributed by atoms with van der Waals surface area (Å²) in [5.74, 6) is -1.04. The molecule has 0 saturated carbocycles. The van der Waals surface area contributed by atoms with Gasteiger partial charge in [-0.1, -0.05) is 32.0 Å². The first-order valence-electron chi connectivity index (χ1n) is 9.31. The number of carbonyl (C=O) groups excluding carboxylic acids is 1. The SMILES string of the molecule is CC(C)c1ccc(C(=O)N2C[C@@H]3c4ccccc4OC[C@]3(C(=O)O)C2)c(=O)[nH]1. The zero-order valence-corrected chi connectivity index (χ0v) is 15.8. The summed E-state index contributed by atoms with van der Waals surface area (Å²) in [6.45, 7) is 4.14. The molecule has 2 aliphatic heterocycles. The first-order chi connectivity index (χ1) is 13.3. The maximum absolute atomic E-state index is 13.0. The summed E-state index contributed by atoms with van der Waals surface area (Å²) in [6.07, 6.45) is 0. The number of para-hydroxylation sites is 1. The molecule has 0 bridgehead atoms. The van der Waals surface area contributed by atoms with Gasteiger partial charge < -0.3 is 19.7 Å². The van der Waals surface area contributed by atoms with E-state index in [4.69, 9.17) is 4.74 Å². The third-order valence-corrected chi connectivity index (χ3v) is 5.82. The molecule has 146 valence electrons. The van der Waals surface area contributed by atoms with Gasteiger partial charge in [0.25, 0.3) is 11.5 Å². The summed E-state index contributed by atoms with van der Waals surface area (Å²) < 4.78 is 5.71. The summed E-state index contributed by atoms with van der Waals surface area (Å²) in [4.78, 5) is 41.8. The maximum Gasteiger partial charge on any atom is 0.315 e. The normalized spacial score (nSPS) is 23.1. The van der Waals surface area contributed by atoms with Crippen LogP contribution in [0.2, 0.25) is 0 Å². The molecule has 0 aliphatic carbocycles. The van der Waals surface area contributed by atoms with E-state index in [0.29, 0.717) is 5.75 Å². The van der Waals surface area contributed by atoms with Crippen molar-refractivity contribution in [1.29, 1.82) is 0 Å². The molecular weight excluding hydrogens is 360 g/mol. The van der Waals surface area contributed by atoms with E-state index in [1.54, 1.807) is 12.1 Å². The van der Waals surface area contributed by atoms with Crippen LogP contribution in [0, 0.1) is 5.41 Å². The van der Waals surface area contributed by atoms with E-state index in [1.165, 1.54) is 11.0 Å². The predicted octanol–water partition coefficient (Wildman–Crippen LogP) is 2.20. The van der Waals surface area contributed by atoms with Crippen molar-refractivity contribution in [2.45, 2.75) is 25.7 Å². The van der Waals surface area contributed by atoms with Crippen molar-refractivity contribution in [3.63, 3.8) is 0 Å². The Kier molecular flexibility index (Phi) is 4.25. The van der Waals surface area contributed by atoms with Crippen LogP contribution in [0.4, 0.5) is 0 Å². The van der Waals surface area contributed by atoms with E-state index in [0.717, 1.165) is 11.3 Å². The number of fused-ring (bicyclic) bond motifs is 3. The second-order valence-corrected chi connectivity index (χ2v) is 7.84. The zero-order valence-electron chi connectivity index (χ0n) is 15.8. The van der Waals surface area contributed by atoms with Crippen molar-refractivity contribution in [1.82, 2.24) is 9.88 Å². The smallest absolute Gasteiger partial charge is 0.315 e. The molecule has 1 amide bonds. The van der Waals surface area contributed by atoms with E-state index >= 15 is 0 Å². The Balaban J connectivity index is 1.69. The van der Waals surface area contributed by atoms with Gasteiger partial charge in [-0.3, -0.25) is 14.4 Å². The van der Waals surface area contributed by atoms with Crippen LogP contribution in [0.15, 0.2) is 41.2 Å².